The summed E-state index contributed by atoms with van der Waals surface area (Å²) in [5.74, 6) is -0.820. The summed E-state index contributed by atoms with van der Waals surface area (Å²) in [5, 5.41) is 2.58. The summed E-state index contributed by atoms with van der Waals surface area (Å²) < 4.78 is 14.2. The standard InChI is InChI=1S/C18H13FN2O/c19-16-11-14(15-7-4-10-20-12-15)8-9-17(16)21-18(22)13-5-2-1-3-6-13/h1-12H,(H,21,22). The fourth-order valence-corrected chi connectivity index (χ4v) is 2.11. The van der Waals surface area contributed by atoms with E-state index >= 15 is 0 Å². The van der Waals surface area contributed by atoms with Gasteiger partial charge in [-0.05, 0) is 35.9 Å². The third kappa shape index (κ3) is 3.01. The van der Waals surface area contributed by atoms with Crippen molar-refractivity contribution in [1.29, 1.82) is 0 Å². The van der Waals surface area contributed by atoms with Crippen LogP contribution in [0.2, 0.25) is 0 Å². The number of halogens is 1. The Morgan fingerprint density at radius 2 is 1.77 bits per heavy atom. The second-order valence-electron chi connectivity index (χ2n) is 4.76. The molecule has 1 aromatic heterocycles. The zero-order valence-corrected chi connectivity index (χ0v) is 11.7. The summed E-state index contributed by atoms with van der Waals surface area (Å²) in [6.45, 7) is 0. The van der Waals surface area contributed by atoms with Gasteiger partial charge in [0.05, 0.1) is 5.69 Å². The van der Waals surface area contributed by atoms with E-state index in [1.807, 2.05) is 12.1 Å². The predicted octanol–water partition coefficient (Wildman–Crippen LogP) is 4.14. The molecule has 0 saturated carbocycles. The Morgan fingerprint density at radius 3 is 2.45 bits per heavy atom. The molecule has 3 nitrogen and oxygen atoms in total. The molecule has 1 N–H and O–H groups in total. The Labute approximate surface area is 127 Å². The number of carbonyl (C=O) groups is 1. The van der Waals surface area contributed by atoms with Gasteiger partial charge in [0, 0.05) is 23.5 Å². The highest BCUT2D eigenvalue weighted by molar-refractivity contribution is 6.04. The van der Waals surface area contributed by atoms with Gasteiger partial charge in [-0.3, -0.25) is 9.78 Å². The monoisotopic (exact) mass is 292 g/mol. The highest BCUT2D eigenvalue weighted by atomic mass is 19.1. The molecule has 22 heavy (non-hydrogen) atoms. The number of aromatic nitrogens is 1. The number of benzene rings is 2. The number of nitrogens with zero attached hydrogens (tertiary/aromatic N) is 1. The first-order valence-electron chi connectivity index (χ1n) is 6.80. The summed E-state index contributed by atoms with van der Waals surface area (Å²) in [7, 11) is 0. The Kier molecular flexibility index (Phi) is 3.92. The van der Waals surface area contributed by atoms with Crippen LogP contribution < -0.4 is 5.32 Å². The van der Waals surface area contributed by atoms with Gasteiger partial charge < -0.3 is 5.32 Å². The van der Waals surface area contributed by atoms with Crippen LogP contribution in [-0.4, -0.2) is 10.9 Å². The van der Waals surface area contributed by atoms with Crippen LogP contribution in [0.1, 0.15) is 10.4 Å². The zero-order chi connectivity index (χ0) is 15.4. The van der Waals surface area contributed by atoms with Crippen LogP contribution in [0, 0.1) is 5.82 Å². The van der Waals surface area contributed by atoms with Crippen LogP contribution in [0.15, 0.2) is 73.1 Å². The lowest BCUT2D eigenvalue weighted by Crippen LogP contribution is -2.12. The molecule has 0 aliphatic heterocycles. The lowest BCUT2D eigenvalue weighted by Gasteiger charge is -2.08. The zero-order valence-electron chi connectivity index (χ0n) is 11.7. The molecular formula is C18H13FN2O. The van der Waals surface area contributed by atoms with Gasteiger partial charge in [-0.25, -0.2) is 4.39 Å². The smallest absolute Gasteiger partial charge is 0.255 e. The van der Waals surface area contributed by atoms with Crippen LogP contribution in [-0.2, 0) is 0 Å². The Balaban J connectivity index is 1.83. The molecule has 0 spiro atoms. The van der Waals surface area contributed by atoms with E-state index in [4.69, 9.17) is 0 Å². The molecule has 0 radical (unpaired) electrons. The minimum Gasteiger partial charge on any atom is -0.319 e. The van der Waals surface area contributed by atoms with E-state index in [1.54, 1.807) is 54.9 Å². The molecule has 3 rings (SSSR count). The van der Waals surface area contributed by atoms with Gasteiger partial charge in [0.1, 0.15) is 5.82 Å². The minimum absolute atomic E-state index is 0.154. The SMILES string of the molecule is O=C(Nc1ccc(-c2cccnc2)cc1F)c1ccccc1. The van der Waals surface area contributed by atoms with E-state index in [-0.39, 0.29) is 11.6 Å². The van der Waals surface area contributed by atoms with Gasteiger partial charge in [0.15, 0.2) is 0 Å². The largest absolute Gasteiger partial charge is 0.319 e. The van der Waals surface area contributed by atoms with Crippen molar-refractivity contribution in [1.82, 2.24) is 4.98 Å². The third-order valence-corrected chi connectivity index (χ3v) is 3.25. The van der Waals surface area contributed by atoms with Crippen molar-refractivity contribution in [2.45, 2.75) is 0 Å². The van der Waals surface area contributed by atoms with Crippen molar-refractivity contribution in [3.8, 4) is 11.1 Å². The van der Waals surface area contributed by atoms with Crippen LogP contribution in [0.3, 0.4) is 0 Å². The van der Waals surface area contributed by atoms with Crippen molar-refractivity contribution in [2.75, 3.05) is 5.32 Å². The fourth-order valence-electron chi connectivity index (χ4n) is 2.11. The number of pyridine rings is 1. The number of rotatable bonds is 3. The predicted molar refractivity (Wildman–Crippen MR) is 84.0 cm³/mol. The summed E-state index contributed by atoms with van der Waals surface area (Å²) in [4.78, 5) is 16.0. The third-order valence-electron chi connectivity index (χ3n) is 3.25. The van der Waals surface area contributed by atoms with Gasteiger partial charge in [-0.2, -0.15) is 0 Å². The Morgan fingerprint density at radius 1 is 0.955 bits per heavy atom. The summed E-state index contributed by atoms with van der Waals surface area (Å²) in [5.41, 5.74) is 2.17. The molecule has 0 atom stereocenters. The molecule has 0 bridgehead atoms. The molecule has 1 heterocycles. The maximum absolute atomic E-state index is 14.2. The average molecular weight is 292 g/mol. The molecule has 3 aromatic rings. The highest BCUT2D eigenvalue weighted by Gasteiger charge is 2.10. The Bertz CT molecular complexity index is 789. The lowest BCUT2D eigenvalue weighted by atomic mass is 10.1. The van der Waals surface area contributed by atoms with Crippen LogP contribution in [0.4, 0.5) is 10.1 Å². The van der Waals surface area contributed by atoms with Crippen molar-refractivity contribution in [3.05, 3.63) is 84.4 Å². The van der Waals surface area contributed by atoms with E-state index in [0.717, 1.165) is 5.56 Å². The number of amides is 1. The highest BCUT2D eigenvalue weighted by Crippen LogP contribution is 2.24. The Hall–Kier alpha value is -3.01. The van der Waals surface area contributed by atoms with Gasteiger partial charge in [0.2, 0.25) is 0 Å². The maximum Gasteiger partial charge on any atom is 0.255 e. The molecule has 0 unspecified atom stereocenters. The number of anilines is 1. The van der Waals surface area contributed by atoms with Gasteiger partial charge in [-0.1, -0.05) is 30.3 Å². The minimum atomic E-state index is -0.481. The second-order valence-corrected chi connectivity index (χ2v) is 4.76. The number of hydrogen-bond donors (Lipinski definition) is 1. The molecule has 4 heteroatoms. The molecule has 1 amide bonds. The van der Waals surface area contributed by atoms with E-state index in [0.29, 0.717) is 11.1 Å². The fraction of sp³-hybridized carbons (Fsp3) is 0. The summed E-state index contributed by atoms with van der Waals surface area (Å²) in [6, 6.07) is 17.0. The quantitative estimate of drug-likeness (QED) is 0.788. The first-order valence-corrected chi connectivity index (χ1v) is 6.80. The topological polar surface area (TPSA) is 42.0 Å². The number of nitrogens with one attached hydrogen (secondary N) is 1. The first kappa shape index (κ1) is 13.9. The molecular weight excluding hydrogens is 279 g/mol. The average Bonchev–Trinajstić information content (AvgIpc) is 2.58. The molecule has 0 fully saturated rings. The van der Waals surface area contributed by atoms with E-state index in [1.165, 1.54) is 6.07 Å². The van der Waals surface area contributed by atoms with Crippen molar-refractivity contribution < 1.29 is 9.18 Å². The van der Waals surface area contributed by atoms with Gasteiger partial charge in [-0.15, -0.1) is 0 Å². The maximum atomic E-state index is 14.2. The normalized spacial score (nSPS) is 10.2. The van der Waals surface area contributed by atoms with Crippen LogP contribution in [0.5, 0.6) is 0 Å². The van der Waals surface area contributed by atoms with Crippen molar-refractivity contribution in [3.63, 3.8) is 0 Å². The second kappa shape index (κ2) is 6.18. The summed E-state index contributed by atoms with van der Waals surface area (Å²) >= 11 is 0. The first-order chi connectivity index (χ1) is 10.7. The van der Waals surface area contributed by atoms with Gasteiger partial charge >= 0.3 is 0 Å². The van der Waals surface area contributed by atoms with Crippen LogP contribution >= 0.6 is 0 Å². The lowest BCUT2D eigenvalue weighted by molar-refractivity contribution is 0.102. The molecule has 0 aliphatic rings. The molecule has 0 aliphatic carbocycles. The number of carbonyl (C=O) groups excluding carboxylic acids is 1. The molecule has 2 aromatic carbocycles. The van der Waals surface area contributed by atoms with Crippen molar-refractivity contribution in [2.24, 2.45) is 0 Å². The van der Waals surface area contributed by atoms with Crippen molar-refractivity contribution >= 4 is 11.6 Å². The van der Waals surface area contributed by atoms with E-state index in [9.17, 15) is 9.18 Å². The van der Waals surface area contributed by atoms with E-state index < -0.39 is 5.82 Å². The number of hydrogen-bond acceptors (Lipinski definition) is 2. The molecule has 108 valence electrons. The van der Waals surface area contributed by atoms with Crippen LogP contribution in [0.25, 0.3) is 11.1 Å². The molecule has 0 saturated heterocycles. The summed E-state index contributed by atoms with van der Waals surface area (Å²) in [6.07, 6.45) is 3.32. The van der Waals surface area contributed by atoms with E-state index in [2.05, 4.69) is 10.3 Å². The van der Waals surface area contributed by atoms with Gasteiger partial charge in [0.25, 0.3) is 5.91 Å².